The van der Waals surface area contributed by atoms with Crippen LogP contribution in [0.1, 0.15) is 28.4 Å². The number of halogens is 7. The van der Waals surface area contributed by atoms with Gasteiger partial charge >= 0.3 is 12.4 Å². The maximum Gasteiger partial charge on any atom is 0.419 e. The predicted octanol–water partition coefficient (Wildman–Crippen LogP) is 4.71. The highest BCUT2D eigenvalue weighted by molar-refractivity contribution is 7.80. The first kappa shape index (κ1) is 23.4. The Labute approximate surface area is 171 Å². The van der Waals surface area contributed by atoms with Gasteiger partial charge < -0.3 is 16.4 Å². The van der Waals surface area contributed by atoms with Crippen molar-refractivity contribution < 1.29 is 35.5 Å². The van der Waals surface area contributed by atoms with E-state index in [4.69, 9.17) is 18.0 Å². The van der Waals surface area contributed by atoms with Gasteiger partial charge in [0.15, 0.2) is 16.5 Å². The normalized spacial score (nSPS) is 14.0. The third kappa shape index (κ3) is 4.81. The molecule has 0 aliphatic carbocycles. The van der Waals surface area contributed by atoms with Gasteiger partial charge in [-0.1, -0.05) is 18.2 Å². The summed E-state index contributed by atoms with van der Waals surface area (Å²) in [5.74, 6) is -2.56. The molecule has 162 valence electrons. The average molecular weight is 453 g/mol. The summed E-state index contributed by atoms with van der Waals surface area (Å²) in [4.78, 5) is 11.1. The number of nitrogens with one attached hydrogen (secondary N) is 2. The van der Waals surface area contributed by atoms with Crippen molar-refractivity contribution in [3.8, 4) is 0 Å². The van der Waals surface area contributed by atoms with Crippen LogP contribution in [0.2, 0.25) is 0 Å². The molecular formula is C18H14F7N3OS. The number of carbonyl (C=O) groups is 1. The molecule has 2 aromatic carbocycles. The van der Waals surface area contributed by atoms with Crippen LogP contribution in [0.5, 0.6) is 0 Å². The molecule has 0 aliphatic rings. The predicted molar refractivity (Wildman–Crippen MR) is 99.1 cm³/mol. The van der Waals surface area contributed by atoms with Crippen LogP contribution in [-0.4, -0.2) is 17.2 Å². The lowest BCUT2D eigenvalue weighted by Crippen LogP contribution is -2.55. The van der Waals surface area contributed by atoms with Gasteiger partial charge in [-0.05, 0) is 49.0 Å². The monoisotopic (exact) mass is 453 g/mol. The molecular weight excluding hydrogens is 439 g/mol. The maximum atomic E-state index is 14.1. The third-order valence-corrected chi connectivity index (χ3v) is 4.43. The molecule has 0 saturated heterocycles. The Bertz CT molecular complexity index is 958. The van der Waals surface area contributed by atoms with Crippen molar-refractivity contribution in [1.82, 2.24) is 5.32 Å². The molecule has 1 unspecified atom stereocenters. The van der Waals surface area contributed by atoms with Gasteiger partial charge in [0.05, 0.1) is 11.3 Å². The van der Waals surface area contributed by atoms with Crippen molar-refractivity contribution in [2.75, 3.05) is 5.32 Å². The molecule has 0 bridgehead atoms. The largest absolute Gasteiger partial charge is 0.419 e. The molecule has 0 aromatic heterocycles. The first-order valence-electron chi connectivity index (χ1n) is 8.09. The summed E-state index contributed by atoms with van der Waals surface area (Å²) in [5, 5.41) is 3.21. The standard InChI is InChI=1S/C18H14F7N3OS/c1-16(18(23,24)25,10-7-5-9(6-8-10)14(26)29)28-15(30)27-12-4-2-3-11(13(12)19)17(20,21)22/h2-8H,1H3,(H2,26,29)(H2,27,28,30). The van der Waals surface area contributed by atoms with E-state index in [1.165, 1.54) is 0 Å². The van der Waals surface area contributed by atoms with E-state index in [0.717, 1.165) is 43.3 Å². The number of anilines is 1. The number of nitrogens with two attached hydrogens (primary N) is 1. The summed E-state index contributed by atoms with van der Waals surface area (Å²) in [6.45, 7) is 0.725. The van der Waals surface area contributed by atoms with E-state index >= 15 is 0 Å². The summed E-state index contributed by atoms with van der Waals surface area (Å²) < 4.78 is 93.9. The summed E-state index contributed by atoms with van der Waals surface area (Å²) in [7, 11) is 0. The van der Waals surface area contributed by atoms with Gasteiger partial charge in [0.25, 0.3) is 0 Å². The van der Waals surface area contributed by atoms with Crippen LogP contribution in [0.3, 0.4) is 0 Å². The van der Waals surface area contributed by atoms with E-state index in [1.807, 2.05) is 10.6 Å². The maximum absolute atomic E-state index is 14.1. The van der Waals surface area contributed by atoms with E-state index in [0.29, 0.717) is 6.07 Å². The van der Waals surface area contributed by atoms with Crippen molar-refractivity contribution in [2.24, 2.45) is 5.73 Å². The Hall–Kier alpha value is -2.89. The molecule has 2 rings (SSSR count). The number of carbonyl (C=O) groups excluding carboxylic acids is 1. The van der Waals surface area contributed by atoms with E-state index in [-0.39, 0.29) is 11.1 Å². The molecule has 0 saturated carbocycles. The van der Waals surface area contributed by atoms with Crippen LogP contribution in [0.15, 0.2) is 42.5 Å². The van der Waals surface area contributed by atoms with E-state index in [2.05, 4.69) is 0 Å². The van der Waals surface area contributed by atoms with Gasteiger partial charge in [-0.2, -0.15) is 26.3 Å². The highest BCUT2D eigenvalue weighted by atomic mass is 32.1. The van der Waals surface area contributed by atoms with E-state index < -0.39 is 46.0 Å². The summed E-state index contributed by atoms with van der Waals surface area (Å²) in [6, 6.07) is 6.39. The minimum absolute atomic E-state index is 0.0324. The second-order valence-electron chi connectivity index (χ2n) is 6.31. The quantitative estimate of drug-likeness (QED) is 0.464. The zero-order valence-corrected chi connectivity index (χ0v) is 15.9. The topological polar surface area (TPSA) is 67.2 Å². The van der Waals surface area contributed by atoms with Crippen molar-refractivity contribution in [3.63, 3.8) is 0 Å². The van der Waals surface area contributed by atoms with Crippen LogP contribution >= 0.6 is 12.2 Å². The number of thiocarbonyl (C=S) groups is 1. The zero-order chi connectivity index (χ0) is 22.9. The molecule has 0 heterocycles. The summed E-state index contributed by atoms with van der Waals surface area (Å²) in [6.07, 6.45) is -9.93. The molecule has 0 fully saturated rings. The Balaban J connectivity index is 2.34. The fourth-order valence-corrected chi connectivity index (χ4v) is 2.82. The van der Waals surface area contributed by atoms with Gasteiger partial charge in [0.1, 0.15) is 0 Å². The summed E-state index contributed by atoms with van der Waals surface area (Å²) in [5.41, 5.74) is -0.509. The third-order valence-electron chi connectivity index (χ3n) is 4.23. The van der Waals surface area contributed by atoms with Gasteiger partial charge in [-0.25, -0.2) is 4.39 Å². The van der Waals surface area contributed by atoms with Crippen molar-refractivity contribution in [1.29, 1.82) is 0 Å². The molecule has 1 amide bonds. The number of alkyl halides is 6. The van der Waals surface area contributed by atoms with Crippen LogP contribution in [-0.2, 0) is 11.7 Å². The lowest BCUT2D eigenvalue weighted by molar-refractivity contribution is -0.190. The number of benzene rings is 2. The minimum Gasteiger partial charge on any atom is -0.366 e. The molecule has 0 radical (unpaired) electrons. The Kier molecular flexibility index (Phi) is 6.31. The number of hydrogen-bond donors (Lipinski definition) is 3. The summed E-state index contributed by atoms with van der Waals surface area (Å²) >= 11 is 4.77. The SMILES string of the molecule is CC(NC(=S)Nc1cccc(C(F)(F)F)c1F)(c1ccc(C(N)=O)cc1)C(F)(F)F. The number of amides is 1. The highest BCUT2D eigenvalue weighted by Crippen LogP contribution is 2.39. The second-order valence-corrected chi connectivity index (χ2v) is 6.72. The van der Waals surface area contributed by atoms with Crippen LogP contribution < -0.4 is 16.4 Å². The first-order valence-corrected chi connectivity index (χ1v) is 8.49. The molecule has 4 N–H and O–H groups in total. The van der Waals surface area contributed by atoms with Crippen molar-refractivity contribution in [2.45, 2.75) is 24.8 Å². The Morgan fingerprint density at radius 1 is 1.00 bits per heavy atom. The number of hydrogen-bond acceptors (Lipinski definition) is 2. The average Bonchev–Trinajstić information content (AvgIpc) is 2.61. The smallest absolute Gasteiger partial charge is 0.366 e. The van der Waals surface area contributed by atoms with Crippen LogP contribution in [0, 0.1) is 5.82 Å². The number of primary amides is 1. The zero-order valence-electron chi connectivity index (χ0n) is 15.1. The first-order chi connectivity index (χ1) is 13.7. The van der Waals surface area contributed by atoms with E-state index in [9.17, 15) is 35.5 Å². The molecule has 1 atom stereocenters. The molecule has 12 heteroatoms. The van der Waals surface area contributed by atoms with Crippen molar-refractivity contribution >= 4 is 28.9 Å². The van der Waals surface area contributed by atoms with Gasteiger partial charge in [-0.15, -0.1) is 0 Å². The fraction of sp³-hybridized carbons (Fsp3) is 0.222. The van der Waals surface area contributed by atoms with Crippen molar-refractivity contribution in [3.05, 3.63) is 65.0 Å². The van der Waals surface area contributed by atoms with Crippen LogP contribution in [0.4, 0.5) is 36.4 Å². The Morgan fingerprint density at radius 2 is 1.57 bits per heavy atom. The molecule has 0 aliphatic heterocycles. The second kappa shape index (κ2) is 8.09. The van der Waals surface area contributed by atoms with Crippen LogP contribution in [0.25, 0.3) is 0 Å². The van der Waals surface area contributed by atoms with Gasteiger partial charge in [0.2, 0.25) is 5.91 Å². The van der Waals surface area contributed by atoms with Gasteiger partial charge in [0, 0.05) is 5.56 Å². The fourth-order valence-electron chi connectivity index (χ4n) is 2.50. The number of rotatable bonds is 4. The van der Waals surface area contributed by atoms with Gasteiger partial charge in [-0.3, -0.25) is 4.79 Å². The highest BCUT2D eigenvalue weighted by Gasteiger charge is 2.53. The minimum atomic E-state index is -5.00. The molecule has 2 aromatic rings. The molecule has 0 spiro atoms. The Morgan fingerprint density at radius 3 is 2.03 bits per heavy atom. The van der Waals surface area contributed by atoms with E-state index in [1.54, 1.807) is 0 Å². The lowest BCUT2D eigenvalue weighted by Gasteiger charge is -2.34. The molecule has 30 heavy (non-hydrogen) atoms. The molecule has 4 nitrogen and oxygen atoms in total. The lowest BCUT2D eigenvalue weighted by atomic mass is 9.90.